The van der Waals surface area contributed by atoms with Gasteiger partial charge in [0.25, 0.3) is 0 Å². The molecule has 0 heterocycles. The van der Waals surface area contributed by atoms with Crippen LogP contribution in [0.25, 0.3) is 0 Å². The van der Waals surface area contributed by atoms with Crippen molar-refractivity contribution in [1.29, 1.82) is 0 Å². The van der Waals surface area contributed by atoms with Gasteiger partial charge in [0.05, 0.1) is 0 Å². The van der Waals surface area contributed by atoms with Crippen LogP contribution in [0.4, 0.5) is 0 Å². The van der Waals surface area contributed by atoms with E-state index in [0.29, 0.717) is 5.92 Å². The standard InChI is InChI=1S/C15H24N2O/c18-15(12-4-2-1-3-5-12)17-16-10-14-9-11-6-7-13(14)8-11/h10-14H,1-9H2,(H,17,18)/b16-10-/t11-,13-,14-/m0/s1. The number of carbonyl (C=O) groups excluding carboxylic acids is 1. The summed E-state index contributed by atoms with van der Waals surface area (Å²) in [5.41, 5.74) is 2.77. The predicted octanol–water partition coefficient (Wildman–Crippen LogP) is 3.10. The van der Waals surface area contributed by atoms with Crippen molar-refractivity contribution in [2.75, 3.05) is 0 Å². The molecule has 3 nitrogen and oxygen atoms in total. The topological polar surface area (TPSA) is 41.5 Å². The Balaban J connectivity index is 1.44. The third-order valence-corrected chi connectivity index (χ3v) is 5.21. The summed E-state index contributed by atoms with van der Waals surface area (Å²) < 4.78 is 0. The quantitative estimate of drug-likeness (QED) is 0.605. The van der Waals surface area contributed by atoms with Gasteiger partial charge in [0.15, 0.2) is 0 Å². The molecule has 0 radical (unpaired) electrons. The summed E-state index contributed by atoms with van der Waals surface area (Å²) in [5.74, 6) is 2.80. The van der Waals surface area contributed by atoms with Crippen LogP contribution in [0.3, 0.4) is 0 Å². The van der Waals surface area contributed by atoms with Crippen LogP contribution in [0, 0.1) is 23.7 Å². The highest BCUT2D eigenvalue weighted by atomic mass is 16.2. The van der Waals surface area contributed by atoms with Gasteiger partial charge in [0, 0.05) is 12.1 Å². The first kappa shape index (κ1) is 12.2. The van der Waals surface area contributed by atoms with Gasteiger partial charge in [-0.2, -0.15) is 5.10 Å². The summed E-state index contributed by atoms with van der Waals surface area (Å²) in [6, 6.07) is 0. The minimum Gasteiger partial charge on any atom is -0.273 e. The van der Waals surface area contributed by atoms with Crippen molar-refractivity contribution >= 4 is 12.1 Å². The van der Waals surface area contributed by atoms with Crippen molar-refractivity contribution in [3.05, 3.63) is 0 Å². The molecule has 3 aliphatic rings. The Bertz CT molecular complexity index is 333. The molecule has 3 saturated carbocycles. The van der Waals surface area contributed by atoms with E-state index in [9.17, 15) is 4.79 Å². The van der Waals surface area contributed by atoms with E-state index in [1.807, 2.05) is 6.21 Å². The predicted molar refractivity (Wildman–Crippen MR) is 72.1 cm³/mol. The first-order valence-electron chi connectivity index (χ1n) is 7.66. The first-order valence-corrected chi connectivity index (χ1v) is 7.66. The smallest absolute Gasteiger partial charge is 0.243 e. The molecule has 0 aromatic heterocycles. The summed E-state index contributed by atoms with van der Waals surface area (Å²) in [5, 5.41) is 4.22. The zero-order valence-electron chi connectivity index (χ0n) is 11.1. The number of amides is 1. The highest BCUT2D eigenvalue weighted by Gasteiger charge is 2.38. The second kappa shape index (κ2) is 5.41. The molecule has 3 atom stereocenters. The molecular weight excluding hydrogens is 224 g/mol. The Labute approximate surface area is 109 Å². The average molecular weight is 248 g/mol. The molecule has 3 aliphatic carbocycles. The van der Waals surface area contributed by atoms with Crippen molar-refractivity contribution in [2.24, 2.45) is 28.8 Å². The molecule has 0 aromatic rings. The van der Waals surface area contributed by atoms with Gasteiger partial charge in [-0.3, -0.25) is 4.79 Å². The highest BCUT2D eigenvalue weighted by Crippen LogP contribution is 2.47. The number of rotatable bonds is 3. The van der Waals surface area contributed by atoms with Crippen LogP contribution in [-0.2, 0) is 4.79 Å². The van der Waals surface area contributed by atoms with Crippen LogP contribution in [0.2, 0.25) is 0 Å². The molecule has 1 N–H and O–H groups in total. The molecule has 0 aromatic carbocycles. The summed E-state index contributed by atoms with van der Waals surface area (Å²) in [4.78, 5) is 11.9. The van der Waals surface area contributed by atoms with Gasteiger partial charge in [-0.05, 0) is 49.9 Å². The molecule has 18 heavy (non-hydrogen) atoms. The molecule has 1 amide bonds. The number of hydrogen-bond donors (Lipinski definition) is 1. The van der Waals surface area contributed by atoms with E-state index in [0.717, 1.165) is 24.7 Å². The maximum Gasteiger partial charge on any atom is 0.243 e. The average Bonchev–Trinajstić information content (AvgIpc) is 3.02. The zero-order valence-corrected chi connectivity index (χ0v) is 11.1. The number of fused-ring (bicyclic) bond motifs is 2. The van der Waals surface area contributed by atoms with Gasteiger partial charge in [-0.1, -0.05) is 25.7 Å². The molecule has 0 aliphatic heterocycles. The molecule has 3 fully saturated rings. The van der Waals surface area contributed by atoms with E-state index in [1.165, 1.54) is 44.9 Å². The SMILES string of the molecule is O=C(N/N=C\[C@@H]1C[C@H]2CC[C@H]1C2)C1CCCCC1. The second-order valence-corrected chi connectivity index (χ2v) is 6.43. The van der Waals surface area contributed by atoms with E-state index >= 15 is 0 Å². The maximum absolute atomic E-state index is 11.9. The minimum absolute atomic E-state index is 0.147. The van der Waals surface area contributed by atoms with Crippen molar-refractivity contribution in [3.8, 4) is 0 Å². The monoisotopic (exact) mass is 248 g/mol. The summed E-state index contributed by atoms with van der Waals surface area (Å²) in [6.07, 6.45) is 13.3. The Morgan fingerprint density at radius 3 is 2.56 bits per heavy atom. The number of hydrazone groups is 1. The number of hydrogen-bond acceptors (Lipinski definition) is 2. The van der Waals surface area contributed by atoms with Gasteiger partial charge >= 0.3 is 0 Å². The number of carbonyl (C=O) groups is 1. The molecule has 0 unspecified atom stereocenters. The number of nitrogens with zero attached hydrogens (tertiary/aromatic N) is 1. The molecule has 3 rings (SSSR count). The van der Waals surface area contributed by atoms with Gasteiger partial charge in [0.2, 0.25) is 5.91 Å². The summed E-state index contributed by atoms with van der Waals surface area (Å²) in [7, 11) is 0. The molecule has 2 bridgehead atoms. The third kappa shape index (κ3) is 2.60. The lowest BCUT2D eigenvalue weighted by atomic mass is 9.89. The Hall–Kier alpha value is -0.860. The molecular formula is C15H24N2O. The Kier molecular flexibility index (Phi) is 3.67. The summed E-state index contributed by atoms with van der Waals surface area (Å²) >= 11 is 0. The fourth-order valence-electron chi connectivity index (χ4n) is 4.13. The fraction of sp³-hybridized carbons (Fsp3) is 0.867. The van der Waals surface area contributed by atoms with Gasteiger partial charge < -0.3 is 0 Å². The van der Waals surface area contributed by atoms with Crippen LogP contribution in [0.5, 0.6) is 0 Å². The first-order chi connectivity index (χ1) is 8.83. The highest BCUT2D eigenvalue weighted by molar-refractivity contribution is 5.79. The van der Waals surface area contributed by atoms with Crippen LogP contribution in [0.1, 0.15) is 57.8 Å². The van der Waals surface area contributed by atoms with Gasteiger partial charge in [0.1, 0.15) is 0 Å². The maximum atomic E-state index is 11.9. The minimum atomic E-state index is 0.147. The molecule has 3 heteroatoms. The molecule has 100 valence electrons. The normalized spacial score (nSPS) is 36.3. The van der Waals surface area contributed by atoms with E-state index in [1.54, 1.807) is 0 Å². The molecule has 0 saturated heterocycles. The lowest BCUT2D eigenvalue weighted by molar-refractivity contribution is -0.125. The summed E-state index contributed by atoms with van der Waals surface area (Å²) in [6.45, 7) is 0. The Morgan fingerprint density at radius 2 is 1.89 bits per heavy atom. The Morgan fingerprint density at radius 1 is 1.06 bits per heavy atom. The van der Waals surface area contributed by atoms with Crippen molar-refractivity contribution < 1.29 is 4.79 Å². The van der Waals surface area contributed by atoms with Crippen LogP contribution < -0.4 is 5.43 Å². The largest absolute Gasteiger partial charge is 0.273 e. The van der Waals surface area contributed by atoms with E-state index in [-0.39, 0.29) is 11.8 Å². The van der Waals surface area contributed by atoms with Crippen LogP contribution in [-0.4, -0.2) is 12.1 Å². The fourth-order valence-corrected chi connectivity index (χ4v) is 4.13. The van der Waals surface area contributed by atoms with E-state index in [4.69, 9.17) is 0 Å². The molecule has 0 spiro atoms. The zero-order chi connectivity index (χ0) is 12.4. The van der Waals surface area contributed by atoms with Gasteiger partial charge in [-0.15, -0.1) is 0 Å². The van der Waals surface area contributed by atoms with Crippen LogP contribution in [0.15, 0.2) is 5.10 Å². The van der Waals surface area contributed by atoms with Gasteiger partial charge in [-0.25, -0.2) is 5.43 Å². The van der Waals surface area contributed by atoms with Crippen molar-refractivity contribution in [3.63, 3.8) is 0 Å². The lowest BCUT2D eigenvalue weighted by Gasteiger charge is -2.20. The van der Waals surface area contributed by atoms with Crippen molar-refractivity contribution in [2.45, 2.75) is 57.8 Å². The second-order valence-electron chi connectivity index (χ2n) is 6.43. The van der Waals surface area contributed by atoms with Crippen LogP contribution >= 0.6 is 0 Å². The lowest BCUT2D eigenvalue weighted by Crippen LogP contribution is -2.29. The number of nitrogens with one attached hydrogen (secondary N) is 1. The third-order valence-electron chi connectivity index (χ3n) is 5.21. The van der Waals surface area contributed by atoms with Crippen molar-refractivity contribution in [1.82, 2.24) is 5.43 Å². The van der Waals surface area contributed by atoms with E-state index in [2.05, 4.69) is 10.5 Å². The van der Waals surface area contributed by atoms with E-state index < -0.39 is 0 Å².